The van der Waals surface area contributed by atoms with Gasteiger partial charge in [-0.3, -0.25) is 0 Å². The molecule has 3 heterocycles. The molecular formula is C16H16N5OY-. The summed E-state index contributed by atoms with van der Waals surface area (Å²) >= 11 is 0. The van der Waals surface area contributed by atoms with Crippen LogP contribution in [0.15, 0.2) is 30.5 Å². The van der Waals surface area contributed by atoms with Gasteiger partial charge in [-0.2, -0.15) is 23.3 Å². The molecule has 6 nitrogen and oxygen atoms in total. The second-order valence-corrected chi connectivity index (χ2v) is 5.25. The van der Waals surface area contributed by atoms with Crippen LogP contribution >= 0.6 is 0 Å². The van der Waals surface area contributed by atoms with Crippen molar-refractivity contribution in [1.82, 2.24) is 19.7 Å². The van der Waals surface area contributed by atoms with Crippen molar-refractivity contribution in [2.45, 2.75) is 6.92 Å². The summed E-state index contributed by atoms with van der Waals surface area (Å²) in [4.78, 5) is 11.5. The summed E-state index contributed by atoms with van der Waals surface area (Å²) in [6.07, 6.45) is 1.84. The Morgan fingerprint density at radius 2 is 1.87 bits per heavy atom. The van der Waals surface area contributed by atoms with Crippen molar-refractivity contribution in [3.8, 4) is 5.69 Å². The van der Waals surface area contributed by atoms with Crippen molar-refractivity contribution >= 4 is 16.9 Å². The van der Waals surface area contributed by atoms with E-state index in [9.17, 15) is 0 Å². The van der Waals surface area contributed by atoms with Crippen molar-refractivity contribution in [3.05, 3.63) is 42.4 Å². The van der Waals surface area contributed by atoms with Crippen molar-refractivity contribution in [3.63, 3.8) is 0 Å². The molecule has 0 bridgehead atoms. The summed E-state index contributed by atoms with van der Waals surface area (Å²) in [5.74, 6) is 1.69. The van der Waals surface area contributed by atoms with E-state index in [1.54, 1.807) is 0 Å². The van der Waals surface area contributed by atoms with E-state index in [1.165, 1.54) is 0 Å². The molecule has 0 amide bonds. The molecule has 1 radical (unpaired) electrons. The van der Waals surface area contributed by atoms with E-state index >= 15 is 0 Å². The average molecular weight is 383 g/mol. The molecule has 0 atom stereocenters. The average Bonchev–Trinajstić information content (AvgIpc) is 2.99. The first-order valence-corrected chi connectivity index (χ1v) is 7.34. The number of hydrogen-bond donors (Lipinski definition) is 0. The first kappa shape index (κ1) is 16.5. The van der Waals surface area contributed by atoms with Crippen molar-refractivity contribution in [2.24, 2.45) is 0 Å². The molecule has 1 aliphatic rings. The molecule has 23 heavy (non-hydrogen) atoms. The van der Waals surface area contributed by atoms with Gasteiger partial charge in [-0.1, -0.05) is 0 Å². The van der Waals surface area contributed by atoms with Gasteiger partial charge in [-0.15, -0.1) is 12.1 Å². The fourth-order valence-electron chi connectivity index (χ4n) is 2.72. The van der Waals surface area contributed by atoms with Gasteiger partial charge in [0.15, 0.2) is 5.65 Å². The molecule has 0 saturated carbocycles. The molecule has 3 aromatic rings. The van der Waals surface area contributed by atoms with Gasteiger partial charge in [0.2, 0.25) is 0 Å². The smallest absolute Gasteiger partial charge is 0.166 e. The molecule has 2 aromatic heterocycles. The fourth-order valence-corrected chi connectivity index (χ4v) is 2.72. The summed E-state index contributed by atoms with van der Waals surface area (Å²) in [5, 5.41) is 5.48. The van der Waals surface area contributed by atoms with Gasteiger partial charge in [0.25, 0.3) is 0 Å². The zero-order valence-corrected chi connectivity index (χ0v) is 15.8. The van der Waals surface area contributed by atoms with Crippen LogP contribution < -0.4 is 4.90 Å². The van der Waals surface area contributed by atoms with Crippen LogP contribution in [0.1, 0.15) is 5.82 Å². The Balaban J connectivity index is 0.00000156. The first-order valence-electron chi connectivity index (χ1n) is 7.34. The van der Waals surface area contributed by atoms with Gasteiger partial charge < -0.3 is 9.64 Å². The number of aryl methyl sites for hydroxylation is 1. The number of morpholine rings is 1. The van der Waals surface area contributed by atoms with E-state index < -0.39 is 0 Å². The van der Waals surface area contributed by atoms with Crippen molar-refractivity contribution < 1.29 is 37.4 Å². The number of ether oxygens (including phenoxy) is 1. The maximum absolute atomic E-state index is 5.43. The Morgan fingerprint density at radius 3 is 2.61 bits per heavy atom. The number of nitrogens with zero attached hydrogens (tertiary/aromatic N) is 5. The van der Waals surface area contributed by atoms with E-state index in [4.69, 9.17) is 4.74 Å². The van der Waals surface area contributed by atoms with E-state index in [-0.39, 0.29) is 32.7 Å². The second kappa shape index (κ2) is 7.03. The molecule has 0 N–H and O–H groups in total. The number of hydrogen-bond acceptors (Lipinski definition) is 5. The molecular weight excluding hydrogens is 367 g/mol. The summed E-state index contributed by atoms with van der Waals surface area (Å²) in [6.45, 7) is 5.06. The van der Waals surface area contributed by atoms with Crippen LogP contribution in [0.3, 0.4) is 0 Å². The number of fused-ring (bicyclic) bond motifs is 1. The molecule has 4 rings (SSSR count). The SMILES string of the molecule is Cc1nc(N2CCOCC2)c2cnn(-c3cc[c-]cc3)c2n1.[Y]. The van der Waals surface area contributed by atoms with Crippen molar-refractivity contribution in [1.29, 1.82) is 0 Å². The predicted molar refractivity (Wildman–Crippen MR) is 83.3 cm³/mol. The van der Waals surface area contributed by atoms with Gasteiger partial charge >= 0.3 is 0 Å². The molecule has 115 valence electrons. The van der Waals surface area contributed by atoms with E-state index in [0.29, 0.717) is 0 Å². The molecule has 1 aromatic carbocycles. The minimum Gasteiger partial charge on any atom is -0.378 e. The number of benzene rings is 1. The normalized spacial score (nSPS) is 14.7. The molecule has 1 fully saturated rings. The topological polar surface area (TPSA) is 56.1 Å². The standard InChI is InChI=1S/C16H16N5O.Y/c1-12-18-15(20-7-9-22-10-8-20)14-11-17-21(16(14)19-12)13-5-3-2-4-6-13;/h3-6,11H,7-10H2,1H3;/q-1;. The van der Waals surface area contributed by atoms with Gasteiger partial charge in [-0.05, 0) is 12.6 Å². The van der Waals surface area contributed by atoms with Crippen LogP contribution in [0.25, 0.3) is 16.7 Å². The Labute approximate surface area is 159 Å². The molecule has 7 heteroatoms. The van der Waals surface area contributed by atoms with Crippen LogP contribution in [0.5, 0.6) is 0 Å². The summed E-state index contributed by atoms with van der Waals surface area (Å²) in [6, 6.07) is 10.7. The van der Waals surface area contributed by atoms with E-state index in [0.717, 1.165) is 54.7 Å². The summed E-state index contributed by atoms with van der Waals surface area (Å²) < 4.78 is 7.28. The summed E-state index contributed by atoms with van der Waals surface area (Å²) in [5.41, 5.74) is 1.81. The Kier molecular flexibility index (Phi) is 5.04. The van der Waals surface area contributed by atoms with Crippen LogP contribution in [-0.4, -0.2) is 46.1 Å². The zero-order chi connectivity index (χ0) is 14.9. The minimum atomic E-state index is 0. The summed E-state index contributed by atoms with van der Waals surface area (Å²) in [7, 11) is 0. The minimum absolute atomic E-state index is 0. The molecule has 0 aliphatic carbocycles. The van der Waals surface area contributed by atoms with Crippen LogP contribution in [-0.2, 0) is 37.4 Å². The Hall–Kier alpha value is -1.37. The zero-order valence-electron chi connectivity index (χ0n) is 12.9. The predicted octanol–water partition coefficient (Wildman–Crippen LogP) is 1.76. The van der Waals surface area contributed by atoms with Crippen LogP contribution in [0.2, 0.25) is 0 Å². The van der Waals surface area contributed by atoms with Gasteiger partial charge in [0, 0.05) is 45.8 Å². The van der Waals surface area contributed by atoms with Gasteiger partial charge in [-0.25, -0.2) is 14.6 Å². The Bertz CT molecular complexity index is 799. The van der Waals surface area contributed by atoms with Crippen LogP contribution in [0.4, 0.5) is 5.82 Å². The Morgan fingerprint density at radius 1 is 1.13 bits per heavy atom. The number of aromatic nitrogens is 4. The first-order chi connectivity index (χ1) is 10.8. The molecule has 1 aliphatic heterocycles. The number of anilines is 1. The van der Waals surface area contributed by atoms with E-state index in [1.807, 2.05) is 42.1 Å². The third-order valence-electron chi connectivity index (χ3n) is 3.78. The third-order valence-corrected chi connectivity index (χ3v) is 3.78. The molecule has 0 unspecified atom stereocenters. The largest absolute Gasteiger partial charge is 0.378 e. The maximum atomic E-state index is 5.43. The molecule has 0 spiro atoms. The fraction of sp³-hybridized carbons (Fsp3) is 0.312. The van der Waals surface area contributed by atoms with Crippen LogP contribution in [0, 0.1) is 13.0 Å². The maximum Gasteiger partial charge on any atom is 0.166 e. The van der Waals surface area contributed by atoms with E-state index in [2.05, 4.69) is 26.0 Å². The third kappa shape index (κ3) is 3.16. The second-order valence-electron chi connectivity index (χ2n) is 5.25. The number of rotatable bonds is 2. The molecule has 1 saturated heterocycles. The monoisotopic (exact) mass is 383 g/mol. The quantitative estimate of drug-likeness (QED) is 0.632. The van der Waals surface area contributed by atoms with Gasteiger partial charge in [0.1, 0.15) is 11.6 Å². The van der Waals surface area contributed by atoms with Crippen molar-refractivity contribution in [2.75, 3.05) is 31.2 Å². The van der Waals surface area contributed by atoms with Gasteiger partial charge in [0.05, 0.1) is 24.8 Å².